The van der Waals surface area contributed by atoms with Crippen LogP contribution in [0.25, 0.3) is 0 Å². The number of ether oxygens (including phenoxy) is 2. The third-order valence-corrected chi connectivity index (χ3v) is 3.96. The average Bonchev–Trinajstić information content (AvgIpc) is 2.65. The fourth-order valence-electron chi connectivity index (χ4n) is 1.94. The van der Waals surface area contributed by atoms with Gasteiger partial charge in [0, 0.05) is 0 Å². The number of hydrogen-bond acceptors (Lipinski definition) is 5. The number of carboxylic acid groups (broad SMARTS) is 1. The highest BCUT2D eigenvalue weighted by atomic mass is 31.2. The van der Waals surface area contributed by atoms with Crippen LogP contribution in [0.2, 0.25) is 0 Å². The fraction of sp³-hybridized carbons (Fsp3) is 0.917. The summed E-state index contributed by atoms with van der Waals surface area (Å²) >= 11 is 0. The zero-order valence-corrected chi connectivity index (χ0v) is 13.6. The molecule has 21 heavy (non-hydrogen) atoms. The normalized spacial score (nSPS) is 25.7. The molecule has 9 heteroatoms. The number of aliphatic carboxylic acids is 1. The molecular formula is C12H24NO7P. The smallest absolute Gasteiger partial charge is 0.403 e. The van der Waals surface area contributed by atoms with E-state index in [0.717, 1.165) is 0 Å². The van der Waals surface area contributed by atoms with Crippen LogP contribution in [0.4, 0.5) is 0 Å². The molecule has 1 aliphatic rings. The molecule has 0 bridgehead atoms. The lowest BCUT2D eigenvalue weighted by atomic mass is 10.1. The number of carbonyl (C=O) groups is 1. The number of nitrogens with one attached hydrogen (secondary N) is 1. The van der Waals surface area contributed by atoms with Crippen LogP contribution < -0.4 is 5.09 Å². The van der Waals surface area contributed by atoms with Crippen molar-refractivity contribution in [2.24, 2.45) is 5.92 Å². The van der Waals surface area contributed by atoms with Gasteiger partial charge in [-0.2, -0.15) is 0 Å². The van der Waals surface area contributed by atoms with Crippen LogP contribution in [-0.4, -0.2) is 47.1 Å². The maximum atomic E-state index is 11.9. The molecule has 1 rings (SSSR count). The van der Waals surface area contributed by atoms with Crippen molar-refractivity contribution in [3.63, 3.8) is 0 Å². The van der Waals surface area contributed by atoms with Gasteiger partial charge in [0.15, 0.2) is 5.79 Å². The molecule has 1 aliphatic heterocycles. The minimum Gasteiger partial charge on any atom is -0.480 e. The zero-order chi connectivity index (χ0) is 16.3. The Morgan fingerprint density at radius 2 is 2.14 bits per heavy atom. The Bertz CT molecular complexity index is 412. The van der Waals surface area contributed by atoms with Crippen LogP contribution in [0.3, 0.4) is 0 Å². The van der Waals surface area contributed by atoms with Crippen LogP contribution in [0, 0.1) is 5.92 Å². The predicted octanol–water partition coefficient (Wildman–Crippen LogP) is 1.34. The van der Waals surface area contributed by atoms with Crippen LogP contribution in [-0.2, 0) is 23.4 Å². The standard InChI is InChI=1S/C12H24NO7P/c1-8(2)5-10(11(14)15)13-21(16,17)19-7-9-6-18-12(3,4)20-9/h8-10H,5-7H2,1-4H3,(H,14,15)(H2,13,16,17)/t9-,10-/m0/s1. The first kappa shape index (κ1) is 18.5. The molecule has 124 valence electrons. The van der Waals surface area contributed by atoms with E-state index in [1.165, 1.54) is 0 Å². The zero-order valence-electron chi connectivity index (χ0n) is 12.7. The summed E-state index contributed by atoms with van der Waals surface area (Å²) < 4.78 is 27.5. The van der Waals surface area contributed by atoms with Crippen molar-refractivity contribution in [3.8, 4) is 0 Å². The molecule has 0 aromatic heterocycles. The molecule has 1 fully saturated rings. The lowest BCUT2D eigenvalue weighted by Gasteiger charge is -2.21. The molecule has 8 nitrogen and oxygen atoms in total. The highest BCUT2D eigenvalue weighted by Gasteiger charge is 2.35. The maximum absolute atomic E-state index is 11.9. The van der Waals surface area contributed by atoms with E-state index in [4.69, 9.17) is 19.1 Å². The first-order valence-corrected chi connectivity index (χ1v) is 8.38. The highest BCUT2D eigenvalue weighted by Crippen LogP contribution is 2.39. The largest absolute Gasteiger partial charge is 0.480 e. The monoisotopic (exact) mass is 325 g/mol. The quantitative estimate of drug-likeness (QED) is 0.573. The Labute approximate surface area is 124 Å². The van der Waals surface area contributed by atoms with Gasteiger partial charge in [0.05, 0.1) is 13.2 Å². The van der Waals surface area contributed by atoms with E-state index >= 15 is 0 Å². The van der Waals surface area contributed by atoms with E-state index in [2.05, 4.69) is 5.09 Å². The molecule has 0 spiro atoms. The second-order valence-corrected chi connectivity index (χ2v) is 7.47. The topological polar surface area (TPSA) is 114 Å². The van der Waals surface area contributed by atoms with Crippen molar-refractivity contribution in [1.82, 2.24) is 5.09 Å². The summed E-state index contributed by atoms with van der Waals surface area (Å²) in [6, 6.07) is -1.14. The van der Waals surface area contributed by atoms with E-state index in [-0.39, 0.29) is 25.6 Å². The van der Waals surface area contributed by atoms with Crippen molar-refractivity contribution in [3.05, 3.63) is 0 Å². The molecule has 0 radical (unpaired) electrons. The fourth-order valence-corrected chi connectivity index (χ4v) is 3.00. The molecule has 1 unspecified atom stereocenters. The van der Waals surface area contributed by atoms with Crippen LogP contribution in [0.5, 0.6) is 0 Å². The minimum atomic E-state index is -4.22. The van der Waals surface area contributed by atoms with E-state index in [1.807, 2.05) is 13.8 Å². The van der Waals surface area contributed by atoms with Gasteiger partial charge in [0.1, 0.15) is 12.1 Å². The number of rotatable bonds is 8. The summed E-state index contributed by atoms with van der Waals surface area (Å²) in [4.78, 5) is 20.8. The minimum absolute atomic E-state index is 0.0611. The average molecular weight is 325 g/mol. The summed E-state index contributed by atoms with van der Waals surface area (Å²) in [7, 11) is -4.22. The molecule has 0 aromatic rings. The van der Waals surface area contributed by atoms with Gasteiger partial charge in [-0.25, -0.2) is 9.65 Å². The van der Waals surface area contributed by atoms with E-state index < -0.39 is 31.6 Å². The molecule has 0 aromatic carbocycles. The molecule has 0 saturated carbocycles. The Balaban J connectivity index is 2.48. The first-order valence-electron chi connectivity index (χ1n) is 6.80. The summed E-state index contributed by atoms with van der Waals surface area (Å²) in [6.07, 6.45) is -0.241. The molecular weight excluding hydrogens is 301 g/mol. The molecule has 3 N–H and O–H groups in total. The lowest BCUT2D eigenvalue weighted by Crippen LogP contribution is -2.36. The first-order chi connectivity index (χ1) is 9.51. The Morgan fingerprint density at radius 1 is 1.52 bits per heavy atom. The lowest BCUT2D eigenvalue weighted by molar-refractivity contribution is -0.141. The summed E-state index contributed by atoms with van der Waals surface area (Å²) in [5.41, 5.74) is 0. The van der Waals surface area contributed by atoms with Crippen molar-refractivity contribution >= 4 is 13.7 Å². The van der Waals surface area contributed by atoms with Gasteiger partial charge in [0.2, 0.25) is 0 Å². The van der Waals surface area contributed by atoms with E-state index in [1.54, 1.807) is 13.8 Å². The summed E-state index contributed by atoms with van der Waals surface area (Å²) in [5.74, 6) is -1.88. The molecule has 0 amide bonds. The Morgan fingerprint density at radius 3 is 2.57 bits per heavy atom. The summed E-state index contributed by atoms with van der Waals surface area (Å²) in [6.45, 7) is 7.21. The van der Waals surface area contributed by atoms with Gasteiger partial charge >= 0.3 is 13.7 Å². The van der Waals surface area contributed by atoms with Gasteiger partial charge in [-0.15, -0.1) is 0 Å². The van der Waals surface area contributed by atoms with E-state index in [0.29, 0.717) is 0 Å². The number of hydrogen-bond donors (Lipinski definition) is 3. The molecule has 1 saturated heterocycles. The van der Waals surface area contributed by atoms with Crippen LogP contribution in [0.15, 0.2) is 0 Å². The van der Waals surface area contributed by atoms with Crippen LogP contribution in [0.1, 0.15) is 34.1 Å². The third kappa shape index (κ3) is 6.86. The van der Waals surface area contributed by atoms with Crippen molar-refractivity contribution in [2.75, 3.05) is 13.2 Å². The molecule has 0 aliphatic carbocycles. The molecule has 3 atom stereocenters. The maximum Gasteiger partial charge on any atom is 0.403 e. The predicted molar refractivity (Wildman–Crippen MR) is 74.7 cm³/mol. The second kappa shape index (κ2) is 7.17. The van der Waals surface area contributed by atoms with E-state index in [9.17, 15) is 14.3 Å². The van der Waals surface area contributed by atoms with Gasteiger partial charge in [-0.05, 0) is 26.2 Å². The second-order valence-electron chi connectivity index (χ2n) is 5.92. The number of carboxylic acids is 1. The van der Waals surface area contributed by atoms with Crippen LogP contribution >= 0.6 is 7.75 Å². The van der Waals surface area contributed by atoms with Gasteiger partial charge < -0.3 is 19.5 Å². The molecule has 1 heterocycles. The van der Waals surface area contributed by atoms with Crippen molar-refractivity contribution in [2.45, 2.75) is 52.0 Å². The highest BCUT2D eigenvalue weighted by molar-refractivity contribution is 7.50. The Hall–Kier alpha value is -0.500. The van der Waals surface area contributed by atoms with Gasteiger partial charge in [-0.3, -0.25) is 9.32 Å². The van der Waals surface area contributed by atoms with Crippen molar-refractivity contribution < 1.29 is 33.4 Å². The Kier molecular flexibility index (Phi) is 6.34. The van der Waals surface area contributed by atoms with Gasteiger partial charge in [-0.1, -0.05) is 13.8 Å². The SMILES string of the molecule is CC(C)C[C@H](NP(=O)(O)OC[C@@H]1COC(C)(C)O1)C(=O)O. The third-order valence-electron chi connectivity index (χ3n) is 2.83. The van der Waals surface area contributed by atoms with Crippen molar-refractivity contribution in [1.29, 1.82) is 0 Å². The van der Waals surface area contributed by atoms with Gasteiger partial charge in [0.25, 0.3) is 0 Å². The summed E-state index contributed by atoms with van der Waals surface area (Å²) in [5, 5.41) is 11.2.